The highest BCUT2D eigenvalue weighted by atomic mass is 16.4. The van der Waals surface area contributed by atoms with E-state index in [2.05, 4.69) is 16.0 Å². The number of primary amides is 1. The van der Waals surface area contributed by atoms with Crippen LogP contribution in [0.2, 0.25) is 0 Å². The van der Waals surface area contributed by atoms with E-state index >= 15 is 0 Å². The van der Waals surface area contributed by atoms with Gasteiger partial charge in [0.1, 0.15) is 12.1 Å². The van der Waals surface area contributed by atoms with Crippen molar-refractivity contribution < 1.29 is 39.0 Å². The minimum Gasteiger partial charge on any atom is -0.481 e. The molecular weight excluding hydrogens is 390 g/mol. The molecule has 0 saturated carbocycles. The van der Waals surface area contributed by atoms with Crippen LogP contribution in [0.5, 0.6) is 0 Å². The molecule has 13 heteroatoms. The van der Waals surface area contributed by atoms with E-state index in [-0.39, 0.29) is 12.3 Å². The third kappa shape index (κ3) is 9.01. The molecule has 0 spiro atoms. The van der Waals surface area contributed by atoms with E-state index in [9.17, 15) is 28.8 Å². The quantitative estimate of drug-likeness (QED) is 0.169. The number of hydrogen-bond donors (Lipinski definition) is 7. The molecule has 1 aliphatic heterocycles. The molecule has 1 fully saturated rings. The molecule has 1 heterocycles. The van der Waals surface area contributed by atoms with Crippen LogP contribution in [0, 0.1) is 0 Å². The first kappa shape index (κ1) is 23.8. The average molecular weight is 415 g/mol. The molecule has 0 bridgehead atoms. The van der Waals surface area contributed by atoms with E-state index in [0.717, 1.165) is 6.42 Å². The highest BCUT2D eigenvalue weighted by molar-refractivity contribution is 5.93. The molecule has 29 heavy (non-hydrogen) atoms. The van der Waals surface area contributed by atoms with Crippen molar-refractivity contribution in [2.24, 2.45) is 5.73 Å². The highest BCUT2D eigenvalue weighted by Crippen LogP contribution is 2.04. The fourth-order valence-electron chi connectivity index (χ4n) is 2.65. The number of carbonyl (C=O) groups is 6. The molecule has 1 rings (SSSR count). The second-order valence-corrected chi connectivity index (χ2v) is 6.49. The van der Waals surface area contributed by atoms with Crippen LogP contribution in [0.1, 0.15) is 32.1 Å². The molecule has 0 radical (unpaired) electrons. The molecule has 162 valence electrons. The standard InChI is InChI=1S/C16H25N5O8/c17-11(22)6-10(16(28)29)21-15(27)9(3-4-13(24)25)20-12(23)7-19-14(26)8-2-1-5-18-8/h8-10,18H,1-7H2,(H2,17,22)(H,19,26)(H,20,23)(H,21,27)(H,24,25)(H,28,29). The largest absolute Gasteiger partial charge is 0.481 e. The predicted molar refractivity (Wildman–Crippen MR) is 96.2 cm³/mol. The molecular formula is C16H25N5O8. The number of rotatable bonds is 12. The third-order valence-corrected chi connectivity index (χ3v) is 4.12. The molecule has 1 aliphatic rings. The highest BCUT2D eigenvalue weighted by Gasteiger charge is 2.28. The summed E-state index contributed by atoms with van der Waals surface area (Å²) < 4.78 is 0. The van der Waals surface area contributed by atoms with Gasteiger partial charge in [-0.2, -0.15) is 0 Å². The lowest BCUT2D eigenvalue weighted by molar-refractivity contribution is -0.144. The monoisotopic (exact) mass is 415 g/mol. The normalized spacial score (nSPS) is 17.6. The van der Waals surface area contributed by atoms with Crippen LogP contribution in [0.15, 0.2) is 0 Å². The number of aliphatic carboxylic acids is 2. The van der Waals surface area contributed by atoms with Crippen molar-refractivity contribution >= 4 is 35.6 Å². The second-order valence-electron chi connectivity index (χ2n) is 6.49. The van der Waals surface area contributed by atoms with E-state index in [4.69, 9.17) is 15.9 Å². The smallest absolute Gasteiger partial charge is 0.326 e. The van der Waals surface area contributed by atoms with Gasteiger partial charge in [0.2, 0.25) is 23.6 Å². The molecule has 3 atom stereocenters. The molecule has 3 unspecified atom stereocenters. The number of nitrogens with one attached hydrogen (secondary N) is 4. The Balaban J connectivity index is 2.66. The van der Waals surface area contributed by atoms with Crippen LogP contribution in [0.3, 0.4) is 0 Å². The van der Waals surface area contributed by atoms with E-state index in [1.165, 1.54) is 0 Å². The van der Waals surface area contributed by atoms with Crippen molar-refractivity contribution in [3.8, 4) is 0 Å². The molecule has 0 aromatic heterocycles. The Labute approximate surface area is 165 Å². The molecule has 8 N–H and O–H groups in total. The maximum atomic E-state index is 12.3. The Bertz CT molecular complexity index is 662. The first-order valence-electron chi connectivity index (χ1n) is 8.94. The van der Waals surface area contributed by atoms with Crippen molar-refractivity contribution in [1.82, 2.24) is 21.3 Å². The summed E-state index contributed by atoms with van der Waals surface area (Å²) >= 11 is 0. The predicted octanol–water partition coefficient (Wildman–Crippen LogP) is -3.35. The number of amides is 4. The molecule has 0 aromatic rings. The summed E-state index contributed by atoms with van der Waals surface area (Å²) in [5.41, 5.74) is 4.94. The lowest BCUT2D eigenvalue weighted by atomic mass is 10.1. The van der Waals surface area contributed by atoms with Gasteiger partial charge >= 0.3 is 11.9 Å². The van der Waals surface area contributed by atoms with Crippen LogP contribution in [-0.2, 0) is 28.8 Å². The Morgan fingerprint density at radius 2 is 1.76 bits per heavy atom. The minimum absolute atomic E-state index is 0.325. The van der Waals surface area contributed by atoms with Crippen LogP contribution in [0.4, 0.5) is 0 Å². The summed E-state index contributed by atoms with van der Waals surface area (Å²) in [4.78, 5) is 69.1. The molecule has 1 saturated heterocycles. The lowest BCUT2D eigenvalue weighted by Gasteiger charge is -2.21. The summed E-state index contributed by atoms with van der Waals surface area (Å²) in [6.45, 7) is 0.245. The van der Waals surface area contributed by atoms with Gasteiger partial charge in [0, 0.05) is 6.42 Å². The average Bonchev–Trinajstić information content (AvgIpc) is 3.16. The van der Waals surface area contributed by atoms with Gasteiger partial charge in [0.05, 0.1) is 19.0 Å². The Morgan fingerprint density at radius 3 is 2.28 bits per heavy atom. The van der Waals surface area contributed by atoms with Crippen molar-refractivity contribution in [3.05, 3.63) is 0 Å². The summed E-state index contributed by atoms with van der Waals surface area (Å²) in [5.74, 6) is -5.84. The van der Waals surface area contributed by atoms with E-state index in [1.807, 2.05) is 5.32 Å². The van der Waals surface area contributed by atoms with Gasteiger partial charge in [-0.25, -0.2) is 4.79 Å². The van der Waals surface area contributed by atoms with Gasteiger partial charge in [-0.15, -0.1) is 0 Å². The van der Waals surface area contributed by atoms with E-state index in [0.29, 0.717) is 13.0 Å². The SMILES string of the molecule is NC(=O)CC(NC(=O)C(CCC(=O)O)NC(=O)CNC(=O)C1CCCN1)C(=O)O. The van der Waals surface area contributed by atoms with E-state index < -0.39 is 67.2 Å². The van der Waals surface area contributed by atoms with Gasteiger partial charge < -0.3 is 37.2 Å². The summed E-state index contributed by atoms with van der Waals surface area (Å²) in [7, 11) is 0. The first-order valence-corrected chi connectivity index (χ1v) is 8.94. The maximum absolute atomic E-state index is 12.3. The van der Waals surface area contributed by atoms with Crippen molar-refractivity contribution in [2.75, 3.05) is 13.1 Å². The summed E-state index contributed by atoms with van der Waals surface area (Å²) in [6, 6.07) is -3.41. The Hall–Kier alpha value is -3.22. The lowest BCUT2D eigenvalue weighted by Crippen LogP contribution is -2.54. The molecule has 4 amide bonds. The van der Waals surface area contributed by atoms with Gasteiger partial charge in [-0.1, -0.05) is 0 Å². The van der Waals surface area contributed by atoms with Crippen molar-refractivity contribution in [1.29, 1.82) is 0 Å². The van der Waals surface area contributed by atoms with Crippen molar-refractivity contribution in [2.45, 2.75) is 50.2 Å². The zero-order valence-corrected chi connectivity index (χ0v) is 15.6. The number of carboxylic acids is 2. The summed E-state index contributed by atoms with van der Waals surface area (Å²) in [6.07, 6.45) is -0.0192. The number of nitrogens with two attached hydrogens (primary N) is 1. The van der Waals surface area contributed by atoms with Gasteiger partial charge in [-0.05, 0) is 25.8 Å². The van der Waals surface area contributed by atoms with E-state index in [1.54, 1.807) is 0 Å². The number of carbonyl (C=O) groups excluding carboxylic acids is 4. The van der Waals surface area contributed by atoms with Crippen LogP contribution in [0.25, 0.3) is 0 Å². The first-order chi connectivity index (χ1) is 13.6. The number of hydrogen-bond acceptors (Lipinski definition) is 7. The fourth-order valence-corrected chi connectivity index (χ4v) is 2.65. The molecule has 0 aliphatic carbocycles. The minimum atomic E-state index is -1.63. The van der Waals surface area contributed by atoms with Gasteiger partial charge in [0.25, 0.3) is 0 Å². The Morgan fingerprint density at radius 1 is 1.07 bits per heavy atom. The maximum Gasteiger partial charge on any atom is 0.326 e. The zero-order valence-electron chi connectivity index (χ0n) is 15.6. The molecule has 13 nitrogen and oxygen atoms in total. The van der Waals surface area contributed by atoms with Crippen molar-refractivity contribution in [3.63, 3.8) is 0 Å². The molecule has 0 aromatic carbocycles. The second kappa shape index (κ2) is 11.6. The third-order valence-electron chi connectivity index (χ3n) is 4.12. The van der Waals surface area contributed by atoms with Gasteiger partial charge in [0.15, 0.2) is 0 Å². The Kier molecular flexibility index (Phi) is 9.51. The number of carboxylic acid groups (broad SMARTS) is 2. The van der Waals surface area contributed by atoms with Gasteiger partial charge in [-0.3, -0.25) is 24.0 Å². The fraction of sp³-hybridized carbons (Fsp3) is 0.625. The topological polar surface area (TPSA) is 217 Å². The zero-order chi connectivity index (χ0) is 22.0. The van der Waals surface area contributed by atoms with Crippen LogP contribution < -0.4 is 27.0 Å². The van der Waals surface area contributed by atoms with Crippen LogP contribution in [-0.4, -0.2) is 77.0 Å². The van der Waals surface area contributed by atoms with Crippen LogP contribution >= 0.6 is 0 Å². The summed E-state index contributed by atoms with van der Waals surface area (Å²) in [5, 5.41) is 27.5.